The van der Waals surface area contributed by atoms with E-state index in [0.29, 0.717) is 0 Å². The van der Waals surface area contributed by atoms with Crippen LogP contribution in [0.5, 0.6) is 0 Å². The molecular formula is C9H14N4O4. The Balaban J connectivity index is 2.58. The highest BCUT2D eigenvalue weighted by Crippen LogP contribution is 2.07. The highest BCUT2D eigenvalue weighted by Gasteiger charge is 2.14. The maximum Gasteiger partial charge on any atom is 0.307 e. The molecule has 0 aliphatic heterocycles. The Labute approximate surface area is 97.6 Å². The smallest absolute Gasteiger partial charge is 0.307 e. The second-order valence-corrected chi connectivity index (χ2v) is 3.78. The summed E-state index contributed by atoms with van der Waals surface area (Å²) in [5, 5.41) is 23.2. The molecule has 1 rings (SSSR count). The summed E-state index contributed by atoms with van der Waals surface area (Å²) in [5.41, 5.74) is -0.157. The molecule has 0 aliphatic rings. The van der Waals surface area contributed by atoms with Gasteiger partial charge in [-0.2, -0.15) is 5.10 Å². The van der Waals surface area contributed by atoms with Crippen molar-refractivity contribution < 1.29 is 14.8 Å². The van der Waals surface area contributed by atoms with Gasteiger partial charge in [-0.3, -0.25) is 19.6 Å². The Morgan fingerprint density at radius 3 is 2.88 bits per heavy atom. The van der Waals surface area contributed by atoms with E-state index in [2.05, 4.69) is 5.10 Å². The molecule has 1 atom stereocenters. The fourth-order valence-corrected chi connectivity index (χ4v) is 1.29. The molecule has 1 N–H and O–H groups in total. The normalized spacial score (nSPS) is 12.2. The summed E-state index contributed by atoms with van der Waals surface area (Å²) in [7, 11) is 1.55. The summed E-state index contributed by atoms with van der Waals surface area (Å²) in [4.78, 5) is 22.8. The largest absolute Gasteiger partial charge is 0.392 e. The number of aliphatic hydroxyl groups is 1. The zero-order chi connectivity index (χ0) is 13.0. The van der Waals surface area contributed by atoms with Crippen LogP contribution in [0.25, 0.3) is 0 Å². The summed E-state index contributed by atoms with van der Waals surface area (Å²) < 4.78 is 1.19. The van der Waals surface area contributed by atoms with Crippen molar-refractivity contribution >= 4 is 11.6 Å². The average Bonchev–Trinajstić information content (AvgIpc) is 2.65. The van der Waals surface area contributed by atoms with Crippen LogP contribution in [0.1, 0.15) is 6.92 Å². The lowest BCUT2D eigenvalue weighted by atomic mass is 10.3. The number of hydrogen-bond donors (Lipinski definition) is 1. The van der Waals surface area contributed by atoms with E-state index in [4.69, 9.17) is 5.11 Å². The van der Waals surface area contributed by atoms with Crippen molar-refractivity contribution in [3.8, 4) is 0 Å². The van der Waals surface area contributed by atoms with Crippen molar-refractivity contribution in [1.29, 1.82) is 0 Å². The number of aliphatic hydroxyl groups excluding tert-OH is 1. The molecule has 1 aromatic heterocycles. The number of amides is 1. The van der Waals surface area contributed by atoms with Gasteiger partial charge in [-0.1, -0.05) is 0 Å². The maximum absolute atomic E-state index is 11.6. The van der Waals surface area contributed by atoms with Gasteiger partial charge in [0.1, 0.15) is 18.9 Å². The van der Waals surface area contributed by atoms with E-state index in [1.807, 2.05) is 0 Å². The van der Waals surface area contributed by atoms with Crippen LogP contribution < -0.4 is 0 Å². The van der Waals surface area contributed by atoms with Crippen molar-refractivity contribution in [3.63, 3.8) is 0 Å². The quantitative estimate of drug-likeness (QED) is 0.560. The Morgan fingerprint density at radius 2 is 2.41 bits per heavy atom. The lowest BCUT2D eigenvalue weighted by molar-refractivity contribution is -0.385. The van der Waals surface area contributed by atoms with Gasteiger partial charge < -0.3 is 10.0 Å². The number of carbonyl (C=O) groups excluding carboxylic acids is 1. The van der Waals surface area contributed by atoms with Crippen molar-refractivity contribution in [2.24, 2.45) is 0 Å². The molecule has 0 saturated carbocycles. The molecule has 17 heavy (non-hydrogen) atoms. The topological polar surface area (TPSA) is 102 Å². The van der Waals surface area contributed by atoms with Crippen LogP contribution in [0.15, 0.2) is 12.4 Å². The van der Waals surface area contributed by atoms with Crippen molar-refractivity contribution in [2.75, 3.05) is 13.6 Å². The van der Waals surface area contributed by atoms with Gasteiger partial charge in [-0.15, -0.1) is 0 Å². The molecule has 94 valence electrons. The Bertz CT molecular complexity index is 415. The summed E-state index contributed by atoms with van der Waals surface area (Å²) in [5.74, 6) is -0.274. The first-order chi connectivity index (χ1) is 7.90. The van der Waals surface area contributed by atoms with E-state index < -0.39 is 11.0 Å². The predicted molar refractivity (Wildman–Crippen MR) is 58.2 cm³/mol. The van der Waals surface area contributed by atoms with Gasteiger partial charge >= 0.3 is 5.69 Å². The van der Waals surface area contributed by atoms with Crippen LogP contribution in [0.3, 0.4) is 0 Å². The van der Waals surface area contributed by atoms with Gasteiger partial charge in [-0.05, 0) is 6.92 Å². The summed E-state index contributed by atoms with van der Waals surface area (Å²) >= 11 is 0. The van der Waals surface area contributed by atoms with Crippen LogP contribution >= 0.6 is 0 Å². The minimum absolute atomic E-state index is 0.0862. The maximum atomic E-state index is 11.6. The molecule has 0 fully saturated rings. The first-order valence-corrected chi connectivity index (χ1v) is 4.99. The zero-order valence-corrected chi connectivity index (χ0v) is 9.61. The molecule has 0 aliphatic carbocycles. The van der Waals surface area contributed by atoms with Crippen molar-refractivity contribution in [2.45, 2.75) is 19.6 Å². The van der Waals surface area contributed by atoms with Gasteiger partial charge in [0.05, 0.1) is 11.0 Å². The van der Waals surface area contributed by atoms with E-state index in [9.17, 15) is 14.9 Å². The fourth-order valence-electron chi connectivity index (χ4n) is 1.29. The minimum Gasteiger partial charge on any atom is -0.392 e. The van der Waals surface area contributed by atoms with E-state index in [1.165, 1.54) is 15.8 Å². The summed E-state index contributed by atoms with van der Waals surface area (Å²) in [6, 6.07) is 0. The van der Waals surface area contributed by atoms with Gasteiger partial charge in [-0.25, -0.2) is 0 Å². The number of hydrogen-bond acceptors (Lipinski definition) is 5. The van der Waals surface area contributed by atoms with Crippen molar-refractivity contribution in [1.82, 2.24) is 14.7 Å². The second kappa shape index (κ2) is 5.39. The first kappa shape index (κ1) is 13.1. The number of aromatic nitrogens is 2. The van der Waals surface area contributed by atoms with E-state index >= 15 is 0 Å². The predicted octanol–water partition coefficient (Wildman–Crippen LogP) is -0.370. The van der Waals surface area contributed by atoms with Crippen LogP contribution in [-0.4, -0.2) is 50.3 Å². The Hall–Kier alpha value is -1.96. The standard InChI is InChI=1S/C9H14N4O4/c1-7(14)4-11(2)9(15)6-12-5-8(3-10-12)13(16)17/h3,5,7,14H,4,6H2,1-2H3. The molecule has 1 heterocycles. The van der Waals surface area contributed by atoms with Gasteiger partial charge in [0.15, 0.2) is 0 Å². The third kappa shape index (κ3) is 3.83. The van der Waals surface area contributed by atoms with E-state index in [1.54, 1.807) is 14.0 Å². The minimum atomic E-state index is -0.615. The molecule has 0 spiro atoms. The summed E-state index contributed by atoms with van der Waals surface area (Å²) in [6.45, 7) is 1.70. The number of rotatable bonds is 5. The van der Waals surface area contributed by atoms with Gasteiger partial charge in [0.25, 0.3) is 0 Å². The molecule has 0 radical (unpaired) electrons. The average molecular weight is 242 g/mol. The molecule has 1 amide bonds. The first-order valence-electron chi connectivity index (χ1n) is 4.99. The number of carbonyl (C=O) groups is 1. The monoisotopic (exact) mass is 242 g/mol. The summed E-state index contributed by atoms with van der Waals surface area (Å²) in [6.07, 6.45) is 1.66. The SMILES string of the molecule is CC(O)CN(C)C(=O)Cn1cc([N+](=O)[O-])cn1. The third-order valence-electron chi connectivity index (χ3n) is 2.09. The lowest BCUT2D eigenvalue weighted by Gasteiger charge is -2.18. The fraction of sp³-hybridized carbons (Fsp3) is 0.556. The van der Waals surface area contributed by atoms with Crippen LogP contribution in [0.2, 0.25) is 0 Å². The van der Waals surface area contributed by atoms with Crippen LogP contribution in [0.4, 0.5) is 5.69 Å². The number of nitro groups is 1. The second-order valence-electron chi connectivity index (χ2n) is 3.78. The Morgan fingerprint density at radius 1 is 1.76 bits per heavy atom. The number of likely N-dealkylation sites (N-methyl/N-ethyl adjacent to an activating group) is 1. The van der Waals surface area contributed by atoms with E-state index in [-0.39, 0.29) is 24.7 Å². The molecule has 8 heteroatoms. The highest BCUT2D eigenvalue weighted by molar-refractivity contribution is 5.75. The molecular weight excluding hydrogens is 228 g/mol. The molecule has 8 nitrogen and oxygen atoms in total. The van der Waals surface area contributed by atoms with E-state index in [0.717, 1.165) is 6.20 Å². The molecule has 0 aromatic carbocycles. The zero-order valence-electron chi connectivity index (χ0n) is 9.61. The van der Waals surface area contributed by atoms with Gasteiger partial charge in [0, 0.05) is 13.6 Å². The number of nitrogens with zero attached hydrogens (tertiary/aromatic N) is 4. The van der Waals surface area contributed by atoms with Gasteiger partial charge in [0.2, 0.25) is 5.91 Å². The Kier molecular flexibility index (Phi) is 4.16. The van der Waals surface area contributed by atoms with Crippen LogP contribution in [0, 0.1) is 10.1 Å². The molecule has 0 saturated heterocycles. The van der Waals surface area contributed by atoms with Crippen LogP contribution in [-0.2, 0) is 11.3 Å². The molecule has 1 unspecified atom stereocenters. The highest BCUT2D eigenvalue weighted by atomic mass is 16.6. The van der Waals surface area contributed by atoms with Crippen molar-refractivity contribution in [3.05, 3.63) is 22.5 Å². The third-order valence-corrected chi connectivity index (χ3v) is 2.09. The molecule has 1 aromatic rings. The lowest BCUT2D eigenvalue weighted by Crippen LogP contribution is -2.35. The molecule has 0 bridgehead atoms.